The molecule has 34 heavy (non-hydrogen) atoms. The van der Waals surface area contributed by atoms with Crippen LogP contribution >= 0.6 is 11.3 Å². The minimum atomic E-state index is -3.47. The van der Waals surface area contributed by atoms with Crippen molar-refractivity contribution in [2.45, 2.75) is 24.3 Å². The van der Waals surface area contributed by atoms with Crippen LogP contribution in [0.4, 0.5) is 5.69 Å². The summed E-state index contributed by atoms with van der Waals surface area (Å²) in [6.07, 6.45) is 1.32. The number of thiazole rings is 1. The van der Waals surface area contributed by atoms with Crippen molar-refractivity contribution in [2.24, 2.45) is 4.99 Å². The lowest BCUT2D eigenvalue weighted by Gasteiger charge is -2.14. The molecule has 0 unspecified atom stereocenters. The smallest absolute Gasteiger partial charge is 0.325 e. The number of ether oxygens (including phenoxy) is 1. The number of nitrogens with zero attached hydrogens (tertiary/aromatic N) is 3. The van der Waals surface area contributed by atoms with Crippen LogP contribution in [0.1, 0.15) is 23.2 Å². The number of sulfone groups is 1. The molecule has 0 bridgehead atoms. The Labute approximate surface area is 198 Å². The van der Waals surface area contributed by atoms with E-state index in [0.29, 0.717) is 10.2 Å². The standard InChI is InChI=1S/C22H19N3O7S2/c1-32-20(28)12-24-16-7-6-15(34(2,30)31)11-17(16)33-22(24)23-21(29)13-4-3-5-14(10-13)25-18(26)8-9-19(25)27/h3-7,10-11H,8-9,12H2,1-2H3. The number of hydrogen-bond acceptors (Lipinski definition) is 8. The van der Waals surface area contributed by atoms with Gasteiger partial charge in [0.25, 0.3) is 5.91 Å². The van der Waals surface area contributed by atoms with Gasteiger partial charge >= 0.3 is 5.97 Å². The Morgan fingerprint density at radius 2 is 1.79 bits per heavy atom. The van der Waals surface area contributed by atoms with Gasteiger partial charge in [-0.15, -0.1) is 0 Å². The predicted octanol–water partition coefficient (Wildman–Crippen LogP) is 1.67. The van der Waals surface area contributed by atoms with Crippen molar-refractivity contribution < 1.29 is 32.3 Å². The maximum absolute atomic E-state index is 13.0. The van der Waals surface area contributed by atoms with Gasteiger partial charge in [0.05, 0.1) is 27.9 Å². The number of rotatable bonds is 5. The number of anilines is 1. The third-order valence-corrected chi connectivity index (χ3v) is 7.35. The van der Waals surface area contributed by atoms with Gasteiger partial charge in [0.2, 0.25) is 11.8 Å². The molecule has 1 aliphatic heterocycles. The highest BCUT2D eigenvalue weighted by atomic mass is 32.2. The fourth-order valence-corrected chi connectivity index (χ4v) is 5.30. The van der Waals surface area contributed by atoms with Gasteiger partial charge in [-0.1, -0.05) is 17.4 Å². The Morgan fingerprint density at radius 1 is 1.09 bits per heavy atom. The first-order valence-electron chi connectivity index (χ1n) is 10.0. The molecule has 10 nitrogen and oxygen atoms in total. The Hall–Kier alpha value is -3.64. The molecule has 4 rings (SSSR count). The molecule has 0 spiro atoms. The van der Waals surface area contributed by atoms with E-state index in [4.69, 9.17) is 4.74 Å². The molecule has 2 heterocycles. The van der Waals surface area contributed by atoms with Crippen molar-refractivity contribution >= 4 is 60.8 Å². The van der Waals surface area contributed by atoms with Crippen LogP contribution in [-0.2, 0) is 35.5 Å². The number of hydrogen-bond donors (Lipinski definition) is 0. The van der Waals surface area contributed by atoms with Crippen molar-refractivity contribution in [1.29, 1.82) is 0 Å². The molecule has 2 aromatic carbocycles. The first-order valence-corrected chi connectivity index (χ1v) is 12.7. The van der Waals surface area contributed by atoms with Crippen molar-refractivity contribution in [1.82, 2.24) is 4.57 Å². The quantitative estimate of drug-likeness (QED) is 0.384. The fraction of sp³-hybridized carbons (Fsp3) is 0.227. The average molecular weight is 502 g/mol. The molecular formula is C22H19N3O7S2. The lowest BCUT2D eigenvalue weighted by molar-refractivity contribution is -0.141. The molecule has 0 N–H and O–H groups in total. The fourth-order valence-electron chi connectivity index (χ4n) is 3.51. The Balaban J connectivity index is 1.80. The van der Waals surface area contributed by atoms with E-state index in [1.54, 1.807) is 18.2 Å². The zero-order valence-corrected chi connectivity index (χ0v) is 19.8. The molecular weight excluding hydrogens is 482 g/mol. The lowest BCUT2D eigenvalue weighted by Crippen LogP contribution is -2.28. The van der Waals surface area contributed by atoms with Crippen LogP contribution in [0.15, 0.2) is 52.4 Å². The van der Waals surface area contributed by atoms with Crippen molar-refractivity contribution in [2.75, 3.05) is 18.3 Å². The highest BCUT2D eigenvalue weighted by Gasteiger charge is 2.30. The van der Waals surface area contributed by atoms with Gasteiger partial charge < -0.3 is 9.30 Å². The second kappa shape index (κ2) is 8.95. The SMILES string of the molecule is COC(=O)Cn1c(=NC(=O)c2cccc(N3C(=O)CCC3=O)c2)sc2cc(S(C)(=O)=O)ccc21. The second-order valence-corrected chi connectivity index (χ2v) is 10.6. The van der Waals surface area contributed by atoms with E-state index in [-0.39, 0.29) is 52.1 Å². The summed E-state index contributed by atoms with van der Waals surface area (Å²) in [7, 11) is -2.24. The Bertz CT molecular complexity index is 1520. The van der Waals surface area contributed by atoms with Crippen LogP contribution < -0.4 is 9.70 Å². The number of fused-ring (bicyclic) bond motifs is 1. The van der Waals surface area contributed by atoms with E-state index < -0.39 is 21.7 Å². The number of amides is 3. The van der Waals surface area contributed by atoms with Gasteiger partial charge in [-0.05, 0) is 36.4 Å². The van der Waals surface area contributed by atoms with E-state index in [0.717, 1.165) is 22.5 Å². The molecule has 0 radical (unpaired) electrons. The summed E-state index contributed by atoms with van der Waals surface area (Å²) in [5.74, 6) is -1.91. The molecule has 176 valence electrons. The molecule has 1 aliphatic rings. The number of aromatic nitrogens is 1. The highest BCUT2D eigenvalue weighted by molar-refractivity contribution is 7.90. The Morgan fingerprint density at radius 3 is 2.44 bits per heavy atom. The van der Waals surface area contributed by atoms with Gasteiger partial charge in [-0.3, -0.25) is 24.1 Å². The number of benzene rings is 2. The predicted molar refractivity (Wildman–Crippen MR) is 123 cm³/mol. The number of carbonyl (C=O) groups is 4. The number of methoxy groups -OCH3 is 1. The molecule has 0 atom stereocenters. The average Bonchev–Trinajstić information content (AvgIpc) is 3.31. The van der Waals surface area contributed by atoms with Gasteiger partial charge in [0.15, 0.2) is 14.6 Å². The third kappa shape index (κ3) is 4.54. The van der Waals surface area contributed by atoms with Crippen molar-refractivity contribution in [3.63, 3.8) is 0 Å². The molecule has 1 saturated heterocycles. The van der Waals surface area contributed by atoms with Crippen LogP contribution in [0.5, 0.6) is 0 Å². The van der Waals surface area contributed by atoms with E-state index in [9.17, 15) is 27.6 Å². The summed E-state index contributed by atoms with van der Waals surface area (Å²) >= 11 is 1.04. The van der Waals surface area contributed by atoms with Crippen LogP contribution in [-0.4, -0.2) is 50.0 Å². The minimum Gasteiger partial charge on any atom is -0.468 e. The van der Waals surface area contributed by atoms with Crippen LogP contribution in [0.3, 0.4) is 0 Å². The summed E-state index contributed by atoms with van der Waals surface area (Å²) in [6.45, 7) is -0.238. The van der Waals surface area contributed by atoms with Crippen molar-refractivity contribution in [3.05, 3.63) is 52.8 Å². The number of imide groups is 1. The van der Waals surface area contributed by atoms with E-state index >= 15 is 0 Å². The number of esters is 1. The minimum absolute atomic E-state index is 0.0944. The summed E-state index contributed by atoms with van der Waals surface area (Å²) < 4.78 is 30.6. The lowest BCUT2D eigenvalue weighted by atomic mass is 10.2. The van der Waals surface area contributed by atoms with E-state index in [1.807, 2.05) is 0 Å². The van der Waals surface area contributed by atoms with Gasteiger partial charge in [-0.2, -0.15) is 4.99 Å². The third-order valence-electron chi connectivity index (χ3n) is 5.20. The molecule has 0 aliphatic carbocycles. The van der Waals surface area contributed by atoms with Crippen molar-refractivity contribution in [3.8, 4) is 0 Å². The van der Waals surface area contributed by atoms with Gasteiger partial charge in [0, 0.05) is 24.7 Å². The summed E-state index contributed by atoms with van der Waals surface area (Å²) in [5.41, 5.74) is 0.936. The first-order chi connectivity index (χ1) is 16.1. The molecule has 3 amide bonds. The number of carbonyl (C=O) groups excluding carboxylic acids is 4. The summed E-state index contributed by atoms with van der Waals surface area (Å²) in [5, 5.41) is 0. The highest BCUT2D eigenvalue weighted by Crippen LogP contribution is 2.24. The second-order valence-electron chi connectivity index (χ2n) is 7.54. The maximum atomic E-state index is 13.0. The molecule has 1 aromatic heterocycles. The first kappa shape index (κ1) is 23.5. The summed E-state index contributed by atoms with van der Waals surface area (Å²) in [4.78, 5) is 54.5. The topological polar surface area (TPSA) is 132 Å². The van der Waals surface area contributed by atoms with E-state index in [2.05, 4.69) is 4.99 Å². The van der Waals surface area contributed by atoms with E-state index in [1.165, 1.54) is 35.9 Å². The van der Waals surface area contributed by atoms with Crippen LogP contribution in [0.25, 0.3) is 10.2 Å². The monoisotopic (exact) mass is 501 g/mol. The van der Waals surface area contributed by atoms with Crippen LogP contribution in [0.2, 0.25) is 0 Å². The van der Waals surface area contributed by atoms with Crippen LogP contribution in [0, 0.1) is 0 Å². The maximum Gasteiger partial charge on any atom is 0.325 e. The molecule has 0 saturated carbocycles. The zero-order chi connectivity index (χ0) is 24.6. The van der Waals surface area contributed by atoms with Gasteiger partial charge in [0.1, 0.15) is 6.54 Å². The largest absolute Gasteiger partial charge is 0.468 e. The summed E-state index contributed by atoms with van der Waals surface area (Å²) in [6, 6.07) is 10.4. The molecule has 12 heteroatoms. The molecule has 1 fully saturated rings. The molecule has 3 aromatic rings. The van der Waals surface area contributed by atoms with Gasteiger partial charge in [-0.25, -0.2) is 8.42 Å². The zero-order valence-electron chi connectivity index (χ0n) is 18.2. The Kier molecular flexibility index (Phi) is 6.19. The normalized spacial score (nSPS) is 14.8.